The van der Waals surface area contributed by atoms with Crippen molar-refractivity contribution in [3.8, 4) is 11.6 Å². The zero-order valence-electron chi connectivity index (χ0n) is 12.6. The Labute approximate surface area is 120 Å². The van der Waals surface area contributed by atoms with Crippen LogP contribution in [0.15, 0.2) is 24.4 Å². The van der Waals surface area contributed by atoms with Crippen molar-refractivity contribution in [2.45, 2.75) is 27.3 Å². The molecule has 0 aromatic carbocycles. The van der Waals surface area contributed by atoms with Crippen LogP contribution >= 0.6 is 0 Å². The van der Waals surface area contributed by atoms with Crippen molar-refractivity contribution in [2.24, 2.45) is 13.0 Å². The quantitative estimate of drug-likeness (QED) is 0.880. The Morgan fingerprint density at radius 1 is 1.35 bits per heavy atom. The Hall–Kier alpha value is -1.88. The van der Waals surface area contributed by atoms with E-state index >= 15 is 0 Å². The molecular weight excluding hydrogens is 252 g/mol. The molecule has 0 unspecified atom stereocenters. The van der Waals surface area contributed by atoms with E-state index in [1.165, 1.54) is 0 Å². The highest BCUT2D eigenvalue weighted by molar-refractivity contribution is 5.28. The summed E-state index contributed by atoms with van der Waals surface area (Å²) in [5.41, 5.74) is 1.91. The largest absolute Gasteiger partial charge is 0.439 e. The van der Waals surface area contributed by atoms with Gasteiger partial charge < -0.3 is 10.1 Å². The van der Waals surface area contributed by atoms with Gasteiger partial charge in [0, 0.05) is 31.9 Å². The van der Waals surface area contributed by atoms with Crippen LogP contribution in [0, 0.1) is 12.8 Å². The molecule has 2 aromatic rings. The summed E-state index contributed by atoms with van der Waals surface area (Å²) in [6, 6.07) is 5.72. The second-order valence-electron chi connectivity index (χ2n) is 5.36. The number of hydrogen-bond acceptors (Lipinski definition) is 4. The van der Waals surface area contributed by atoms with Crippen molar-refractivity contribution < 1.29 is 4.74 Å². The van der Waals surface area contributed by atoms with Crippen molar-refractivity contribution in [3.05, 3.63) is 35.8 Å². The van der Waals surface area contributed by atoms with Gasteiger partial charge in [-0.3, -0.25) is 4.98 Å². The molecule has 1 N–H and O–H groups in total. The first-order valence-corrected chi connectivity index (χ1v) is 6.88. The lowest BCUT2D eigenvalue weighted by Gasteiger charge is -2.09. The van der Waals surface area contributed by atoms with Crippen LogP contribution in [0.5, 0.6) is 11.6 Å². The first kappa shape index (κ1) is 14.5. The van der Waals surface area contributed by atoms with Crippen LogP contribution in [0.25, 0.3) is 0 Å². The molecule has 0 fully saturated rings. The third kappa shape index (κ3) is 4.06. The van der Waals surface area contributed by atoms with E-state index in [2.05, 4.69) is 29.2 Å². The number of pyridine rings is 1. The Balaban J connectivity index is 2.00. The van der Waals surface area contributed by atoms with Crippen molar-refractivity contribution in [1.29, 1.82) is 0 Å². The number of rotatable bonds is 6. The molecular formula is C15H22N4O. The monoisotopic (exact) mass is 274 g/mol. The molecule has 2 heterocycles. The average Bonchev–Trinajstić information content (AvgIpc) is 2.68. The van der Waals surface area contributed by atoms with Gasteiger partial charge in [-0.2, -0.15) is 5.10 Å². The lowest BCUT2D eigenvalue weighted by molar-refractivity contribution is 0.429. The Morgan fingerprint density at radius 2 is 2.15 bits per heavy atom. The summed E-state index contributed by atoms with van der Waals surface area (Å²) in [4.78, 5) is 4.34. The predicted molar refractivity (Wildman–Crippen MR) is 78.8 cm³/mol. The predicted octanol–water partition coefficient (Wildman–Crippen LogP) is 2.66. The minimum atomic E-state index is 0.631. The van der Waals surface area contributed by atoms with Gasteiger partial charge in [0.2, 0.25) is 5.88 Å². The van der Waals surface area contributed by atoms with Gasteiger partial charge in [0.15, 0.2) is 0 Å². The Kier molecular flexibility index (Phi) is 4.74. The summed E-state index contributed by atoms with van der Waals surface area (Å²) in [5.74, 6) is 2.14. The van der Waals surface area contributed by atoms with E-state index in [0.29, 0.717) is 5.92 Å². The molecule has 0 aliphatic rings. The van der Waals surface area contributed by atoms with E-state index < -0.39 is 0 Å². The third-order valence-electron chi connectivity index (χ3n) is 2.83. The molecule has 0 spiro atoms. The Bertz CT molecular complexity index is 563. The van der Waals surface area contributed by atoms with Gasteiger partial charge in [-0.1, -0.05) is 13.8 Å². The van der Waals surface area contributed by atoms with Gasteiger partial charge in [-0.05, 0) is 25.5 Å². The van der Waals surface area contributed by atoms with Crippen LogP contribution < -0.4 is 10.1 Å². The molecule has 0 aliphatic carbocycles. The van der Waals surface area contributed by atoms with E-state index in [1.54, 1.807) is 10.9 Å². The minimum Gasteiger partial charge on any atom is -0.439 e. The van der Waals surface area contributed by atoms with Gasteiger partial charge in [-0.25, -0.2) is 4.68 Å². The van der Waals surface area contributed by atoms with Crippen molar-refractivity contribution in [2.75, 3.05) is 6.54 Å². The van der Waals surface area contributed by atoms with Crippen molar-refractivity contribution in [1.82, 2.24) is 20.1 Å². The first-order valence-electron chi connectivity index (χ1n) is 6.88. The molecule has 5 heteroatoms. The van der Waals surface area contributed by atoms with E-state index in [1.807, 2.05) is 32.2 Å². The molecule has 2 rings (SSSR count). The average molecular weight is 274 g/mol. The molecule has 20 heavy (non-hydrogen) atoms. The lowest BCUT2D eigenvalue weighted by atomic mass is 10.2. The smallest absolute Gasteiger partial charge is 0.217 e. The van der Waals surface area contributed by atoms with Gasteiger partial charge >= 0.3 is 0 Å². The number of aromatic nitrogens is 3. The van der Waals surface area contributed by atoms with E-state index in [-0.39, 0.29) is 0 Å². The summed E-state index contributed by atoms with van der Waals surface area (Å²) in [7, 11) is 1.87. The second kappa shape index (κ2) is 6.52. The summed E-state index contributed by atoms with van der Waals surface area (Å²) in [5, 5.41) is 7.63. The molecule has 2 aromatic heterocycles. The summed E-state index contributed by atoms with van der Waals surface area (Å²) in [6.45, 7) is 8.05. The first-order chi connectivity index (χ1) is 9.54. The fourth-order valence-electron chi connectivity index (χ4n) is 1.91. The van der Waals surface area contributed by atoms with Gasteiger partial charge in [0.25, 0.3) is 0 Å². The van der Waals surface area contributed by atoms with Crippen LogP contribution in [0.4, 0.5) is 0 Å². The summed E-state index contributed by atoms with van der Waals surface area (Å²) >= 11 is 0. The van der Waals surface area contributed by atoms with E-state index in [4.69, 9.17) is 4.74 Å². The van der Waals surface area contributed by atoms with Crippen LogP contribution in [0.2, 0.25) is 0 Å². The van der Waals surface area contributed by atoms with E-state index in [9.17, 15) is 0 Å². The van der Waals surface area contributed by atoms with Crippen LogP contribution in [-0.2, 0) is 13.6 Å². The number of hydrogen-bond donors (Lipinski definition) is 1. The van der Waals surface area contributed by atoms with E-state index in [0.717, 1.165) is 36.1 Å². The number of nitrogens with one attached hydrogen (secondary N) is 1. The van der Waals surface area contributed by atoms with Crippen LogP contribution in [0.3, 0.4) is 0 Å². The molecule has 108 valence electrons. The second-order valence-corrected chi connectivity index (χ2v) is 5.36. The topological polar surface area (TPSA) is 52.0 Å². The van der Waals surface area contributed by atoms with Crippen LogP contribution in [-0.4, -0.2) is 21.3 Å². The maximum absolute atomic E-state index is 5.83. The fourth-order valence-corrected chi connectivity index (χ4v) is 1.91. The molecule has 0 aliphatic heterocycles. The summed E-state index contributed by atoms with van der Waals surface area (Å²) in [6.07, 6.45) is 1.77. The van der Waals surface area contributed by atoms with Gasteiger partial charge in [-0.15, -0.1) is 0 Å². The molecule has 0 bridgehead atoms. The fraction of sp³-hybridized carbons (Fsp3) is 0.467. The standard InChI is InChI=1S/C15H22N4O/c1-11(2)9-16-10-13-8-14(5-6-17-13)20-15-7-12(3)18-19(15)4/h5-8,11,16H,9-10H2,1-4H3. The zero-order valence-corrected chi connectivity index (χ0v) is 12.6. The molecule has 0 saturated heterocycles. The van der Waals surface area contributed by atoms with Crippen LogP contribution in [0.1, 0.15) is 25.2 Å². The summed E-state index contributed by atoms with van der Waals surface area (Å²) < 4.78 is 7.56. The highest BCUT2D eigenvalue weighted by atomic mass is 16.5. The highest BCUT2D eigenvalue weighted by Crippen LogP contribution is 2.21. The minimum absolute atomic E-state index is 0.631. The third-order valence-corrected chi connectivity index (χ3v) is 2.83. The number of aryl methyl sites for hydroxylation is 2. The number of nitrogens with zero attached hydrogens (tertiary/aromatic N) is 3. The molecule has 0 amide bonds. The number of ether oxygens (including phenoxy) is 1. The van der Waals surface area contributed by atoms with Crippen molar-refractivity contribution in [3.63, 3.8) is 0 Å². The maximum atomic E-state index is 5.83. The van der Waals surface area contributed by atoms with Gasteiger partial charge in [0.05, 0.1) is 11.4 Å². The lowest BCUT2D eigenvalue weighted by Crippen LogP contribution is -2.19. The normalized spacial score (nSPS) is 11.1. The van der Waals surface area contributed by atoms with Gasteiger partial charge in [0.1, 0.15) is 5.75 Å². The SMILES string of the molecule is Cc1cc(Oc2ccnc(CNCC(C)C)c2)n(C)n1. The van der Waals surface area contributed by atoms with Crippen molar-refractivity contribution >= 4 is 0 Å². The Morgan fingerprint density at radius 3 is 2.80 bits per heavy atom. The molecule has 0 radical (unpaired) electrons. The molecule has 5 nitrogen and oxygen atoms in total. The molecule has 0 saturated carbocycles. The maximum Gasteiger partial charge on any atom is 0.217 e. The molecule has 0 atom stereocenters. The zero-order chi connectivity index (χ0) is 14.5. The highest BCUT2D eigenvalue weighted by Gasteiger charge is 2.05.